The fourth-order valence-corrected chi connectivity index (χ4v) is 2.74. The van der Waals surface area contributed by atoms with Crippen molar-refractivity contribution in [2.24, 2.45) is 7.05 Å². The fraction of sp³-hybridized carbons (Fsp3) is 0.500. The Bertz CT molecular complexity index is 762. The van der Waals surface area contributed by atoms with Crippen molar-refractivity contribution in [2.45, 2.75) is 52.7 Å². The predicted octanol–water partition coefficient (Wildman–Crippen LogP) is 4.45. The second-order valence-electron chi connectivity index (χ2n) is 8.89. The molecule has 0 aliphatic heterocycles. The minimum absolute atomic E-state index is 0.0240. The van der Waals surface area contributed by atoms with Crippen LogP contribution in [0.1, 0.15) is 52.0 Å². The van der Waals surface area contributed by atoms with Gasteiger partial charge in [0.2, 0.25) is 0 Å². The van der Waals surface area contributed by atoms with Crippen molar-refractivity contribution in [2.75, 3.05) is 18.5 Å². The highest BCUT2D eigenvalue weighted by molar-refractivity contribution is 5.94. The molecule has 0 aliphatic carbocycles. The number of carbonyl (C=O) groups is 1. The molecule has 0 unspecified atom stereocenters. The largest absolute Gasteiger partial charge is 0.380 e. The Balaban J connectivity index is 2.02. The van der Waals surface area contributed by atoms with Crippen molar-refractivity contribution in [1.82, 2.24) is 9.88 Å². The smallest absolute Gasteiger partial charge is 0.267 e. The Kier molecular flexibility index (Phi) is 6.37. The molecule has 2 aromatic rings. The number of anilines is 1. The molecule has 0 bridgehead atoms. The van der Waals surface area contributed by atoms with Gasteiger partial charge in [-0.2, -0.15) is 0 Å². The van der Waals surface area contributed by atoms with E-state index in [0.29, 0.717) is 18.8 Å². The van der Waals surface area contributed by atoms with Crippen LogP contribution in [0.25, 0.3) is 11.1 Å². The van der Waals surface area contributed by atoms with Crippen molar-refractivity contribution in [3.8, 4) is 11.1 Å². The summed E-state index contributed by atoms with van der Waals surface area (Å²) in [6.07, 6.45) is 1.98. The van der Waals surface area contributed by atoms with Crippen LogP contribution in [0.4, 0.5) is 5.69 Å². The first-order valence-corrected chi connectivity index (χ1v) is 9.42. The Morgan fingerprint density at radius 1 is 1.04 bits per heavy atom. The van der Waals surface area contributed by atoms with Crippen LogP contribution in [-0.2, 0) is 11.8 Å². The van der Waals surface area contributed by atoms with Crippen molar-refractivity contribution < 1.29 is 9.53 Å². The maximum atomic E-state index is 12.4. The van der Waals surface area contributed by atoms with Crippen molar-refractivity contribution in [3.05, 3.63) is 42.2 Å². The molecule has 0 saturated heterocycles. The number of benzene rings is 1. The molecule has 148 valence electrons. The number of hydrogen-bond donors (Lipinski definition) is 2. The first-order chi connectivity index (χ1) is 12.4. The number of aromatic nitrogens is 1. The number of ether oxygens (including phenoxy) is 1. The van der Waals surface area contributed by atoms with E-state index < -0.39 is 0 Å². The SMILES string of the molecule is Cn1cc(-c2ccc(NC(C)(C)C)cc2)cc1C(=O)NCCOC(C)(C)C. The summed E-state index contributed by atoms with van der Waals surface area (Å²) in [5.74, 6) is -0.0905. The maximum absolute atomic E-state index is 12.4. The standard InChI is InChI=1S/C22H33N3O2/c1-21(2,3)24-18-10-8-16(9-11-18)17-14-19(25(7)15-17)20(26)23-12-13-27-22(4,5)6/h8-11,14-15,24H,12-13H2,1-7H3,(H,23,26). The molecule has 0 radical (unpaired) electrons. The summed E-state index contributed by atoms with van der Waals surface area (Å²) in [6.45, 7) is 13.4. The molecule has 2 rings (SSSR count). The van der Waals surface area contributed by atoms with Crippen LogP contribution in [-0.4, -0.2) is 34.8 Å². The zero-order chi connectivity index (χ0) is 20.2. The summed E-state index contributed by atoms with van der Waals surface area (Å²) >= 11 is 0. The third-order valence-corrected chi connectivity index (χ3v) is 3.90. The average molecular weight is 372 g/mol. The monoisotopic (exact) mass is 371 g/mol. The molecule has 0 aliphatic rings. The molecule has 5 heteroatoms. The molecule has 0 fully saturated rings. The number of carbonyl (C=O) groups excluding carboxylic acids is 1. The summed E-state index contributed by atoms with van der Waals surface area (Å²) in [5, 5.41) is 6.37. The number of hydrogen-bond acceptors (Lipinski definition) is 3. The van der Waals surface area contributed by atoms with E-state index in [0.717, 1.165) is 16.8 Å². The molecule has 1 aromatic carbocycles. The van der Waals surface area contributed by atoms with Crippen molar-refractivity contribution in [1.29, 1.82) is 0 Å². The Hall–Kier alpha value is -2.27. The molecular formula is C22H33N3O2. The van der Waals surface area contributed by atoms with Gasteiger partial charge in [0, 0.05) is 36.6 Å². The molecule has 1 amide bonds. The topological polar surface area (TPSA) is 55.3 Å². The third-order valence-electron chi connectivity index (χ3n) is 3.90. The van der Waals surface area contributed by atoms with Gasteiger partial charge in [-0.3, -0.25) is 4.79 Å². The van der Waals surface area contributed by atoms with E-state index in [1.54, 1.807) is 0 Å². The molecule has 0 saturated carbocycles. The fourth-order valence-electron chi connectivity index (χ4n) is 2.74. The van der Waals surface area contributed by atoms with Gasteiger partial charge >= 0.3 is 0 Å². The van der Waals surface area contributed by atoms with Gasteiger partial charge in [0.25, 0.3) is 5.91 Å². The van der Waals surface area contributed by atoms with E-state index in [1.807, 2.05) is 44.6 Å². The zero-order valence-corrected chi connectivity index (χ0v) is 17.6. The molecule has 0 spiro atoms. The molecule has 1 heterocycles. The Morgan fingerprint density at radius 3 is 2.22 bits per heavy atom. The molecule has 27 heavy (non-hydrogen) atoms. The van der Waals surface area contributed by atoms with Gasteiger partial charge in [-0.15, -0.1) is 0 Å². The number of nitrogens with zero attached hydrogens (tertiary/aromatic N) is 1. The van der Waals surface area contributed by atoms with Gasteiger partial charge < -0.3 is 19.9 Å². The lowest BCUT2D eigenvalue weighted by Gasteiger charge is -2.22. The van der Waals surface area contributed by atoms with E-state index in [-0.39, 0.29) is 17.0 Å². The van der Waals surface area contributed by atoms with Crippen LogP contribution < -0.4 is 10.6 Å². The number of amides is 1. The summed E-state index contributed by atoms with van der Waals surface area (Å²) in [4.78, 5) is 12.4. The first kappa shape index (κ1) is 21.0. The summed E-state index contributed by atoms with van der Waals surface area (Å²) in [6, 6.07) is 10.2. The Morgan fingerprint density at radius 2 is 1.67 bits per heavy atom. The van der Waals surface area contributed by atoms with Gasteiger partial charge in [0.05, 0.1) is 12.2 Å². The molecular weight excluding hydrogens is 338 g/mol. The van der Waals surface area contributed by atoms with Gasteiger partial charge in [-0.25, -0.2) is 0 Å². The lowest BCUT2D eigenvalue weighted by atomic mass is 10.1. The minimum atomic E-state index is -0.198. The van der Waals surface area contributed by atoms with Crippen molar-refractivity contribution >= 4 is 11.6 Å². The van der Waals surface area contributed by atoms with Gasteiger partial charge in [0.15, 0.2) is 0 Å². The van der Waals surface area contributed by atoms with E-state index in [1.165, 1.54) is 0 Å². The van der Waals surface area contributed by atoms with Crippen LogP contribution in [0.5, 0.6) is 0 Å². The highest BCUT2D eigenvalue weighted by Gasteiger charge is 2.14. The van der Waals surface area contributed by atoms with Crippen LogP contribution in [0.3, 0.4) is 0 Å². The maximum Gasteiger partial charge on any atom is 0.267 e. The molecule has 2 N–H and O–H groups in total. The summed E-state index contributed by atoms with van der Waals surface area (Å²) in [7, 11) is 1.89. The lowest BCUT2D eigenvalue weighted by molar-refractivity contribution is -0.000679. The van der Waals surface area contributed by atoms with Crippen LogP contribution in [0, 0.1) is 0 Å². The van der Waals surface area contributed by atoms with Gasteiger partial charge in [0.1, 0.15) is 5.69 Å². The molecule has 1 aromatic heterocycles. The molecule has 5 nitrogen and oxygen atoms in total. The van der Waals surface area contributed by atoms with E-state index in [4.69, 9.17) is 4.74 Å². The second-order valence-corrected chi connectivity index (χ2v) is 8.89. The minimum Gasteiger partial charge on any atom is -0.380 e. The van der Waals surface area contributed by atoms with Crippen LogP contribution >= 0.6 is 0 Å². The zero-order valence-electron chi connectivity index (χ0n) is 17.6. The van der Waals surface area contributed by atoms with Gasteiger partial charge in [-0.1, -0.05) is 12.1 Å². The summed E-state index contributed by atoms with van der Waals surface area (Å²) < 4.78 is 7.50. The van der Waals surface area contributed by atoms with Crippen LogP contribution in [0.15, 0.2) is 36.5 Å². The van der Waals surface area contributed by atoms with Crippen molar-refractivity contribution in [3.63, 3.8) is 0 Å². The highest BCUT2D eigenvalue weighted by Crippen LogP contribution is 2.24. The highest BCUT2D eigenvalue weighted by atomic mass is 16.5. The first-order valence-electron chi connectivity index (χ1n) is 9.42. The Labute approximate surface area is 163 Å². The van der Waals surface area contributed by atoms with E-state index >= 15 is 0 Å². The quantitative estimate of drug-likeness (QED) is 0.738. The lowest BCUT2D eigenvalue weighted by Crippen LogP contribution is -2.31. The third kappa shape index (κ3) is 6.75. The normalized spacial score (nSPS) is 12.1. The number of nitrogens with one attached hydrogen (secondary N) is 2. The van der Waals surface area contributed by atoms with Crippen LogP contribution in [0.2, 0.25) is 0 Å². The number of rotatable bonds is 6. The van der Waals surface area contributed by atoms with Gasteiger partial charge in [-0.05, 0) is 65.3 Å². The molecule has 0 atom stereocenters. The predicted molar refractivity (Wildman–Crippen MR) is 112 cm³/mol. The summed E-state index contributed by atoms with van der Waals surface area (Å²) in [5.41, 5.74) is 3.65. The van der Waals surface area contributed by atoms with E-state index in [2.05, 4.69) is 55.7 Å². The average Bonchev–Trinajstić information content (AvgIpc) is 2.91. The second kappa shape index (κ2) is 8.17. The number of aryl methyl sites for hydroxylation is 1. The van der Waals surface area contributed by atoms with E-state index in [9.17, 15) is 4.79 Å².